The van der Waals surface area contributed by atoms with Gasteiger partial charge in [0.15, 0.2) is 0 Å². The van der Waals surface area contributed by atoms with E-state index in [0.717, 1.165) is 62.0 Å². The molecule has 1 atom stereocenters. The lowest BCUT2D eigenvalue weighted by atomic mass is 10.0. The quantitative estimate of drug-likeness (QED) is 0.758. The molecule has 2 N–H and O–H groups in total. The molecule has 3 aliphatic rings. The third-order valence-corrected chi connectivity index (χ3v) is 6.61. The molecule has 2 amide bonds. The Hall–Kier alpha value is -2.41. The highest BCUT2D eigenvalue weighted by Gasteiger charge is 2.29. The summed E-state index contributed by atoms with van der Waals surface area (Å²) in [6.07, 6.45) is 9.21. The number of nitrogens with zero attached hydrogens (tertiary/aromatic N) is 2. The van der Waals surface area contributed by atoms with Crippen LogP contribution in [-0.2, 0) is 16.6 Å². The molecule has 1 saturated heterocycles. The van der Waals surface area contributed by atoms with E-state index in [-0.39, 0.29) is 24.0 Å². The molecule has 2 aliphatic carbocycles. The standard InChI is InChI=1S/C23H30N4O3/c1-27-21-17(23(29)25-15-8-9-15)12-16(24-20(28)11-14-5-2-3-6-14)13-18(21)26-22(27)19-7-4-10-30-19/h12-15,19H,2-11H2,1H3,(H,24,28)(H,25,29)/t19-/m1/s1. The molecular formula is C23H30N4O3. The van der Waals surface area contributed by atoms with Crippen molar-refractivity contribution in [2.75, 3.05) is 11.9 Å². The third-order valence-electron chi connectivity index (χ3n) is 6.61. The predicted molar refractivity (Wildman–Crippen MR) is 114 cm³/mol. The van der Waals surface area contributed by atoms with Gasteiger partial charge in [0.2, 0.25) is 5.91 Å². The highest BCUT2D eigenvalue weighted by Crippen LogP contribution is 2.33. The van der Waals surface area contributed by atoms with Crippen LogP contribution < -0.4 is 10.6 Å². The van der Waals surface area contributed by atoms with Crippen molar-refractivity contribution in [3.05, 3.63) is 23.5 Å². The summed E-state index contributed by atoms with van der Waals surface area (Å²) in [5.41, 5.74) is 2.73. The van der Waals surface area contributed by atoms with E-state index >= 15 is 0 Å². The maximum Gasteiger partial charge on any atom is 0.253 e. The molecular weight excluding hydrogens is 380 g/mol. The number of aromatic nitrogens is 2. The smallest absolute Gasteiger partial charge is 0.253 e. The minimum Gasteiger partial charge on any atom is -0.370 e. The molecule has 1 aromatic carbocycles. The van der Waals surface area contributed by atoms with Gasteiger partial charge in [-0.25, -0.2) is 4.98 Å². The summed E-state index contributed by atoms with van der Waals surface area (Å²) < 4.78 is 7.82. The second kappa shape index (κ2) is 8.02. The number of carbonyl (C=O) groups excluding carboxylic acids is 2. The van der Waals surface area contributed by atoms with Crippen LogP contribution in [0.1, 0.15) is 80.1 Å². The van der Waals surface area contributed by atoms with Gasteiger partial charge in [0.25, 0.3) is 5.91 Å². The first-order valence-corrected chi connectivity index (χ1v) is 11.3. The van der Waals surface area contributed by atoms with Crippen LogP contribution in [0, 0.1) is 5.92 Å². The van der Waals surface area contributed by atoms with Crippen molar-refractivity contribution in [1.82, 2.24) is 14.9 Å². The minimum absolute atomic E-state index is 0.0186. The van der Waals surface area contributed by atoms with Crippen LogP contribution in [0.4, 0.5) is 5.69 Å². The van der Waals surface area contributed by atoms with E-state index in [1.165, 1.54) is 12.8 Å². The molecule has 1 aromatic heterocycles. The summed E-state index contributed by atoms with van der Waals surface area (Å²) in [7, 11) is 1.94. The fourth-order valence-corrected chi connectivity index (χ4v) is 4.86. The molecule has 160 valence electrons. The molecule has 2 saturated carbocycles. The summed E-state index contributed by atoms with van der Waals surface area (Å²) in [4.78, 5) is 30.4. The van der Waals surface area contributed by atoms with Crippen molar-refractivity contribution in [3.8, 4) is 0 Å². The second-order valence-electron chi connectivity index (χ2n) is 9.07. The molecule has 3 fully saturated rings. The number of ether oxygens (including phenoxy) is 1. The van der Waals surface area contributed by atoms with E-state index in [4.69, 9.17) is 9.72 Å². The normalized spacial score (nSPS) is 22.0. The zero-order valence-electron chi connectivity index (χ0n) is 17.6. The van der Waals surface area contributed by atoms with Gasteiger partial charge in [0.05, 0.1) is 16.6 Å². The van der Waals surface area contributed by atoms with Crippen molar-refractivity contribution in [1.29, 1.82) is 0 Å². The molecule has 0 unspecified atom stereocenters. The Labute approximate surface area is 176 Å². The topological polar surface area (TPSA) is 85.2 Å². The number of nitrogens with one attached hydrogen (secondary N) is 2. The summed E-state index contributed by atoms with van der Waals surface area (Å²) in [6.45, 7) is 0.741. The van der Waals surface area contributed by atoms with Crippen LogP contribution in [0.2, 0.25) is 0 Å². The molecule has 5 rings (SSSR count). The Balaban J connectivity index is 1.47. The van der Waals surface area contributed by atoms with E-state index in [2.05, 4.69) is 10.6 Å². The highest BCUT2D eigenvalue weighted by molar-refractivity contribution is 6.08. The first-order valence-electron chi connectivity index (χ1n) is 11.3. The third kappa shape index (κ3) is 3.95. The fraction of sp³-hybridized carbons (Fsp3) is 0.609. The number of hydrogen-bond donors (Lipinski definition) is 2. The summed E-state index contributed by atoms with van der Waals surface area (Å²) >= 11 is 0. The van der Waals surface area contributed by atoms with Gasteiger partial charge in [-0.2, -0.15) is 0 Å². The van der Waals surface area contributed by atoms with Crippen LogP contribution in [0.5, 0.6) is 0 Å². The average molecular weight is 411 g/mol. The Kier molecular flexibility index (Phi) is 5.23. The Morgan fingerprint density at radius 1 is 1.13 bits per heavy atom. The molecule has 2 aromatic rings. The van der Waals surface area contributed by atoms with Crippen LogP contribution in [0.3, 0.4) is 0 Å². The van der Waals surface area contributed by atoms with Crippen LogP contribution in [-0.4, -0.2) is 34.0 Å². The number of hydrogen-bond acceptors (Lipinski definition) is 4. The fourth-order valence-electron chi connectivity index (χ4n) is 4.86. The van der Waals surface area contributed by atoms with E-state index in [0.29, 0.717) is 23.6 Å². The van der Waals surface area contributed by atoms with E-state index in [9.17, 15) is 9.59 Å². The predicted octanol–water partition coefficient (Wildman–Crippen LogP) is 3.84. The van der Waals surface area contributed by atoms with Crippen LogP contribution in [0.15, 0.2) is 12.1 Å². The Bertz CT molecular complexity index is 966. The van der Waals surface area contributed by atoms with Gasteiger partial charge < -0.3 is 19.9 Å². The van der Waals surface area contributed by atoms with Gasteiger partial charge in [-0.15, -0.1) is 0 Å². The molecule has 30 heavy (non-hydrogen) atoms. The van der Waals surface area contributed by atoms with Gasteiger partial charge in [-0.05, 0) is 56.6 Å². The molecule has 0 radical (unpaired) electrons. The van der Waals surface area contributed by atoms with E-state index < -0.39 is 0 Å². The first kappa shape index (κ1) is 19.5. The maximum absolute atomic E-state index is 13.0. The second-order valence-corrected chi connectivity index (χ2v) is 9.07. The Morgan fingerprint density at radius 2 is 1.93 bits per heavy atom. The lowest BCUT2D eigenvalue weighted by Gasteiger charge is -2.13. The Morgan fingerprint density at radius 3 is 2.63 bits per heavy atom. The number of anilines is 1. The SMILES string of the molecule is Cn1c([C@H]2CCCO2)nc2cc(NC(=O)CC3CCCC3)cc(C(=O)NC3CC3)c21. The largest absolute Gasteiger partial charge is 0.370 e. The molecule has 7 nitrogen and oxygen atoms in total. The van der Waals surface area contributed by atoms with Gasteiger partial charge in [0, 0.05) is 31.8 Å². The molecule has 2 heterocycles. The highest BCUT2D eigenvalue weighted by atomic mass is 16.5. The van der Waals surface area contributed by atoms with Gasteiger partial charge in [0.1, 0.15) is 11.9 Å². The summed E-state index contributed by atoms with van der Waals surface area (Å²) in [5.74, 6) is 1.24. The number of aryl methyl sites for hydroxylation is 1. The monoisotopic (exact) mass is 410 g/mol. The van der Waals surface area contributed by atoms with E-state index in [1.807, 2.05) is 17.7 Å². The van der Waals surface area contributed by atoms with Crippen LogP contribution >= 0.6 is 0 Å². The van der Waals surface area contributed by atoms with Gasteiger partial charge in [-0.1, -0.05) is 12.8 Å². The number of rotatable bonds is 6. The van der Waals surface area contributed by atoms with Crippen molar-refractivity contribution >= 4 is 28.5 Å². The molecule has 1 aliphatic heterocycles. The number of carbonyl (C=O) groups is 2. The minimum atomic E-state index is -0.101. The lowest BCUT2D eigenvalue weighted by Crippen LogP contribution is -2.26. The number of amides is 2. The van der Waals surface area contributed by atoms with Crippen molar-refractivity contribution < 1.29 is 14.3 Å². The lowest BCUT2D eigenvalue weighted by molar-refractivity contribution is -0.117. The maximum atomic E-state index is 13.0. The van der Waals surface area contributed by atoms with Crippen molar-refractivity contribution in [2.24, 2.45) is 13.0 Å². The van der Waals surface area contributed by atoms with Gasteiger partial charge in [-0.3, -0.25) is 9.59 Å². The van der Waals surface area contributed by atoms with Gasteiger partial charge >= 0.3 is 0 Å². The number of benzene rings is 1. The number of fused-ring (bicyclic) bond motifs is 1. The number of imidazole rings is 1. The van der Waals surface area contributed by atoms with Crippen LogP contribution in [0.25, 0.3) is 11.0 Å². The van der Waals surface area contributed by atoms with E-state index in [1.54, 1.807) is 6.07 Å². The van der Waals surface area contributed by atoms with Crippen molar-refractivity contribution in [3.63, 3.8) is 0 Å². The zero-order valence-corrected chi connectivity index (χ0v) is 17.6. The zero-order chi connectivity index (χ0) is 20.7. The average Bonchev–Trinajstić information content (AvgIpc) is 3.12. The molecule has 0 bridgehead atoms. The molecule has 0 spiro atoms. The first-order chi connectivity index (χ1) is 14.6. The van der Waals surface area contributed by atoms with Crippen molar-refractivity contribution in [2.45, 2.75) is 69.9 Å². The summed E-state index contributed by atoms with van der Waals surface area (Å²) in [5, 5.41) is 6.11. The summed E-state index contributed by atoms with van der Waals surface area (Å²) in [6, 6.07) is 3.95. The molecule has 7 heteroatoms.